The summed E-state index contributed by atoms with van der Waals surface area (Å²) < 4.78 is 16.2. The number of ether oxygens (including phenoxy) is 3. The van der Waals surface area contributed by atoms with E-state index in [0.29, 0.717) is 100 Å². The van der Waals surface area contributed by atoms with E-state index in [9.17, 15) is 39.0 Å². The molecule has 450 valence electrons. The quantitative estimate of drug-likeness (QED) is 0.0297. The van der Waals surface area contributed by atoms with Gasteiger partial charge in [0, 0.05) is 53.3 Å². The van der Waals surface area contributed by atoms with Gasteiger partial charge in [0.1, 0.15) is 23.9 Å². The number of anilines is 2. The lowest BCUT2D eigenvalue weighted by Gasteiger charge is -2.12. The summed E-state index contributed by atoms with van der Waals surface area (Å²) in [6, 6.07) is 64.8. The van der Waals surface area contributed by atoms with Crippen LogP contribution in [-0.4, -0.2) is 73.0 Å². The minimum atomic E-state index is -0.355. The number of para-hydroxylation sites is 1. The van der Waals surface area contributed by atoms with Crippen LogP contribution in [0.1, 0.15) is 101 Å². The molecule has 0 aliphatic heterocycles. The van der Waals surface area contributed by atoms with Crippen LogP contribution in [0.2, 0.25) is 0 Å². The summed E-state index contributed by atoms with van der Waals surface area (Å²) in [4.78, 5) is 75.4. The summed E-state index contributed by atoms with van der Waals surface area (Å²) in [7, 11) is 2.99. The lowest BCUT2D eigenvalue weighted by molar-refractivity contribution is 0.0932. The molecule has 6 amide bonds. The number of aryl methyl sites for hydroxylation is 2. The minimum absolute atomic E-state index is 0.114. The van der Waals surface area contributed by atoms with E-state index in [0.717, 1.165) is 28.0 Å². The Hall–Kier alpha value is -10.9. The number of rotatable bonds is 22. The molecule has 0 radical (unpaired) electrons. The number of hydrogen-bond donors (Lipinski definition) is 8. The van der Waals surface area contributed by atoms with Crippen LogP contribution in [0.4, 0.5) is 11.4 Å². The van der Waals surface area contributed by atoms with Gasteiger partial charge in [0.25, 0.3) is 35.4 Å². The number of amides is 6. The lowest BCUT2D eigenvalue weighted by atomic mass is 10.1. The van der Waals surface area contributed by atoms with Gasteiger partial charge in [-0.25, -0.2) is 0 Å². The van der Waals surface area contributed by atoms with E-state index in [1.165, 1.54) is 31.9 Å². The maximum Gasteiger partial charge on any atom is 0.255 e. The highest BCUT2D eigenvalue weighted by Gasteiger charge is 2.19. The molecule has 0 aliphatic rings. The number of hydrogen-bond acceptors (Lipinski definition) is 11. The summed E-state index contributed by atoms with van der Waals surface area (Å²) in [6.07, 6.45) is 0. The molecule has 17 heteroatoms. The third-order valence-corrected chi connectivity index (χ3v) is 13.4. The molecule has 17 nitrogen and oxygen atoms in total. The molecule has 0 fully saturated rings. The average Bonchev–Trinajstić information content (AvgIpc) is 3.40. The van der Waals surface area contributed by atoms with Crippen molar-refractivity contribution in [2.24, 2.45) is 0 Å². The third kappa shape index (κ3) is 20.1. The van der Waals surface area contributed by atoms with E-state index < -0.39 is 0 Å². The molecule has 0 aliphatic carbocycles. The van der Waals surface area contributed by atoms with Crippen LogP contribution in [0, 0.1) is 13.8 Å². The van der Waals surface area contributed by atoms with Crippen molar-refractivity contribution < 1.29 is 53.2 Å². The van der Waals surface area contributed by atoms with Gasteiger partial charge in [0.2, 0.25) is 0 Å². The second-order valence-electron chi connectivity index (χ2n) is 20.0. The molecule has 0 heterocycles. The van der Waals surface area contributed by atoms with Crippen molar-refractivity contribution in [2.45, 2.75) is 46.7 Å². The molecule has 0 bridgehead atoms. The molecule has 8 N–H and O–H groups in total. The van der Waals surface area contributed by atoms with Gasteiger partial charge in [0.05, 0.1) is 45.1 Å². The second-order valence-corrected chi connectivity index (χ2v) is 20.0. The molecule has 0 atom stereocenters. The van der Waals surface area contributed by atoms with Crippen LogP contribution in [0.15, 0.2) is 218 Å². The van der Waals surface area contributed by atoms with E-state index in [1.807, 2.05) is 123 Å². The Bertz CT molecular complexity index is 3710. The molecule has 0 saturated heterocycles. The van der Waals surface area contributed by atoms with Crippen molar-refractivity contribution in [1.82, 2.24) is 21.3 Å². The third-order valence-electron chi connectivity index (χ3n) is 13.4. The minimum Gasteiger partial charge on any atom is -0.496 e. The zero-order chi connectivity index (χ0) is 62.6. The molecular formula is C71H70N6O11. The van der Waals surface area contributed by atoms with Crippen molar-refractivity contribution in [3.05, 3.63) is 291 Å². The van der Waals surface area contributed by atoms with Crippen molar-refractivity contribution in [3.8, 4) is 17.2 Å². The molecular weight excluding hydrogens is 1110 g/mol. The molecule has 0 saturated carbocycles. The fraction of sp³-hybridized carbons (Fsp3) is 0.155. The molecule has 9 aromatic carbocycles. The number of carbonyl (C=O) groups excluding carboxylic acids is 6. The highest BCUT2D eigenvalue weighted by Crippen LogP contribution is 2.23. The highest BCUT2D eigenvalue weighted by molar-refractivity contribution is 6.09. The zero-order valence-electron chi connectivity index (χ0n) is 49.3. The second kappa shape index (κ2) is 33.6. The van der Waals surface area contributed by atoms with E-state index in [4.69, 9.17) is 14.2 Å². The zero-order valence-corrected chi connectivity index (χ0v) is 49.3. The molecule has 0 unspecified atom stereocenters. The predicted octanol–water partition coefficient (Wildman–Crippen LogP) is 10.8. The molecule has 88 heavy (non-hydrogen) atoms. The summed E-state index contributed by atoms with van der Waals surface area (Å²) in [5.41, 5.74) is 9.94. The Balaban J connectivity index is 0.000000188. The van der Waals surface area contributed by atoms with Gasteiger partial charge in [-0.05, 0) is 133 Å². The maximum atomic E-state index is 12.7. The van der Waals surface area contributed by atoms with Crippen molar-refractivity contribution in [1.29, 1.82) is 0 Å². The maximum absolute atomic E-state index is 12.7. The largest absolute Gasteiger partial charge is 0.496 e. The Kier molecular flexibility index (Phi) is 24.7. The topological polar surface area (TPSA) is 243 Å². The Morgan fingerprint density at radius 1 is 0.364 bits per heavy atom. The van der Waals surface area contributed by atoms with E-state index >= 15 is 0 Å². The fourth-order valence-electron chi connectivity index (χ4n) is 8.56. The number of methoxy groups -OCH3 is 2. The van der Waals surface area contributed by atoms with Gasteiger partial charge in [0.15, 0.2) is 0 Å². The first-order valence-corrected chi connectivity index (χ1v) is 28.2. The van der Waals surface area contributed by atoms with Gasteiger partial charge < -0.3 is 56.3 Å². The number of aliphatic hydroxyl groups excluding tert-OH is 2. The Labute approximate surface area is 511 Å². The number of nitrogens with one attached hydrogen (secondary N) is 6. The molecule has 0 aromatic heterocycles. The first-order valence-electron chi connectivity index (χ1n) is 28.2. The van der Waals surface area contributed by atoms with E-state index in [1.54, 1.807) is 97.1 Å². The SMILES string of the molecule is COc1ccc(C(=O)NCc2ccc(C)cc2)cc1C(=O)NCc1ccc(C)cc1.COc1ccc(C(=O)NCc2ccccc2)cc1C(=O)NCCOc1ccccc1.O=C(Nc1cccc(CO)c1)c1cccc(C(=O)Nc2cccc(CO)c2)c1. The highest BCUT2D eigenvalue weighted by atomic mass is 16.5. The summed E-state index contributed by atoms with van der Waals surface area (Å²) in [5.74, 6) is -0.279. The standard InChI is InChI=1S/C25H26N2O3.C24H24N2O4.C22H20N2O4/c1-17-4-8-19(9-5-17)15-26-24(28)21-12-13-23(30-3)22(14-21)25(29)27-16-20-10-6-18(2)7-11-20;1-29-22-13-12-19(23(27)26-17-18-8-4-2-5-9-18)16-21(22)24(28)25-14-15-30-20-10-6-3-7-11-20;25-13-15-4-1-8-19(10-15)23-21(27)17-6-3-7-18(12-17)22(28)24-20-9-2-5-16(11-20)14-26/h4-14H,15-16H2,1-3H3,(H,26,28)(H,27,29);2-13,16H,14-15,17H2,1H3,(H,25,28)(H,26,27);1-12,25-26H,13-14H2,(H,23,27)(H,24,28). The van der Waals surface area contributed by atoms with Gasteiger partial charge in [-0.2, -0.15) is 0 Å². The van der Waals surface area contributed by atoms with Crippen LogP contribution in [0.5, 0.6) is 17.2 Å². The normalized spacial score (nSPS) is 10.3. The lowest BCUT2D eigenvalue weighted by Crippen LogP contribution is -2.29. The number of benzene rings is 9. The molecule has 9 aromatic rings. The van der Waals surface area contributed by atoms with Crippen LogP contribution in [0.25, 0.3) is 0 Å². The van der Waals surface area contributed by atoms with Crippen LogP contribution >= 0.6 is 0 Å². The molecule has 9 rings (SSSR count). The van der Waals surface area contributed by atoms with Gasteiger partial charge in [-0.1, -0.05) is 139 Å². The van der Waals surface area contributed by atoms with Crippen molar-refractivity contribution in [3.63, 3.8) is 0 Å². The van der Waals surface area contributed by atoms with Crippen molar-refractivity contribution in [2.75, 3.05) is 38.0 Å². The fourth-order valence-corrected chi connectivity index (χ4v) is 8.56. The van der Waals surface area contributed by atoms with E-state index in [2.05, 4.69) is 31.9 Å². The van der Waals surface area contributed by atoms with Gasteiger partial charge in [-0.15, -0.1) is 0 Å². The first kappa shape index (κ1) is 64.7. The Morgan fingerprint density at radius 3 is 1.19 bits per heavy atom. The summed E-state index contributed by atoms with van der Waals surface area (Å²) >= 11 is 0. The monoisotopic (exact) mass is 1180 g/mol. The van der Waals surface area contributed by atoms with Crippen LogP contribution < -0.4 is 46.1 Å². The van der Waals surface area contributed by atoms with Crippen LogP contribution in [-0.2, 0) is 32.8 Å². The smallest absolute Gasteiger partial charge is 0.255 e. The Morgan fingerprint density at radius 2 is 0.750 bits per heavy atom. The van der Waals surface area contributed by atoms with Gasteiger partial charge >= 0.3 is 0 Å². The summed E-state index contributed by atoms with van der Waals surface area (Å²) in [6.45, 7) is 5.67. The van der Waals surface area contributed by atoms with Crippen molar-refractivity contribution >= 4 is 46.8 Å². The van der Waals surface area contributed by atoms with Gasteiger partial charge in [-0.3, -0.25) is 28.8 Å². The number of carbonyl (C=O) groups is 6. The van der Waals surface area contributed by atoms with Crippen LogP contribution in [0.3, 0.4) is 0 Å². The first-order chi connectivity index (χ1) is 42.7. The average molecular weight is 1180 g/mol. The molecule has 0 spiro atoms. The predicted molar refractivity (Wildman–Crippen MR) is 340 cm³/mol. The van der Waals surface area contributed by atoms with E-state index in [-0.39, 0.29) is 48.7 Å². The number of aliphatic hydroxyl groups is 2. The summed E-state index contributed by atoms with van der Waals surface area (Å²) in [5, 5.41) is 35.3.